The standard InChI is InChI=1S/C7H8N4S/c8-1-6-2-10-7-11(3-6)4-9-5-12-7/h2,9H,3-5H2. The van der Waals surface area contributed by atoms with Gasteiger partial charge < -0.3 is 4.90 Å². The van der Waals surface area contributed by atoms with Crippen LogP contribution in [-0.4, -0.2) is 29.2 Å². The SMILES string of the molecule is N#CC1=CN=C2SCNCN2C1. The first-order valence-electron chi connectivity index (χ1n) is 3.65. The predicted molar refractivity (Wildman–Crippen MR) is 48.3 cm³/mol. The lowest BCUT2D eigenvalue weighted by molar-refractivity contribution is 0.420. The maximum absolute atomic E-state index is 8.64. The number of hydrogen-bond acceptors (Lipinski definition) is 5. The van der Waals surface area contributed by atoms with Gasteiger partial charge in [0.05, 0.1) is 30.7 Å². The highest BCUT2D eigenvalue weighted by Crippen LogP contribution is 2.17. The number of amidine groups is 1. The fourth-order valence-corrected chi connectivity index (χ4v) is 1.90. The summed E-state index contributed by atoms with van der Waals surface area (Å²) in [6.45, 7) is 1.49. The molecule has 1 N–H and O–H groups in total. The van der Waals surface area contributed by atoms with E-state index in [1.807, 2.05) is 0 Å². The van der Waals surface area contributed by atoms with E-state index in [0.29, 0.717) is 6.54 Å². The fraction of sp³-hybridized carbons (Fsp3) is 0.429. The summed E-state index contributed by atoms with van der Waals surface area (Å²) in [5, 5.41) is 12.9. The molecule has 2 rings (SSSR count). The summed E-state index contributed by atoms with van der Waals surface area (Å²) in [5.41, 5.74) is 0.725. The highest BCUT2D eigenvalue weighted by atomic mass is 32.2. The average Bonchev–Trinajstić information content (AvgIpc) is 2.17. The Balaban J connectivity index is 2.19. The monoisotopic (exact) mass is 180 g/mol. The summed E-state index contributed by atoms with van der Waals surface area (Å²) in [6.07, 6.45) is 1.66. The largest absolute Gasteiger partial charge is 0.333 e. The zero-order valence-electron chi connectivity index (χ0n) is 6.45. The molecule has 2 aliphatic rings. The Hall–Kier alpha value is -0.990. The van der Waals surface area contributed by atoms with E-state index in [0.717, 1.165) is 23.3 Å². The lowest BCUT2D eigenvalue weighted by Crippen LogP contribution is -2.44. The first-order valence-corrected chi connectivity index (χ1v) is 4.64. The Morgan fingerprint density at radius 2 is 2.67 bits per heavy atom. The van der Waals surface area contributed by atoms with E-state index in [-0.39, 0.29) is 0 Å². The van der Waals surface area contributed by atoms with Gasteiger partial charge in [-0.05, 0) is 0 Å². The third-order valence-electron chi connectivity index (χ3n) is 1.71. The molecule has 0 aliphatic carbocycles. The van der Waals surface area contributed by atoms with Crippen molar-refractivity contribution in [2.24, 2.45) is 4.99 Å². The maximum Gasteiger partial charge on any atom is 0.166 e. The van der Waals surface area contributed by atoms with Crippen LogP contribution in [0.5, 0.6) is 0 Å². The van der Waals surface area contributed by atoms with Crippen molar-refractivity contribution in [1.29, 1.82) is 5.26 Å². The lowest BCUT2D eigenvalue weighted by Gasteiger charge is -2.31. The van der Waals surface area contributed by atoms with Gasteiger partial charge in [0.2, 0.25) is 0 Å². The molecule has 1 saturated heterocycles. The van der Waals surface area contributed by atoms with E-state index in [2.05, 4.69) is 21.3 Å². The topological polar surface area (TPSA) is 51.4 Å². The zero-order chi connectivity index (χ0) is 8.39. The van der Waals surface area contributed by atoms with Gasteiger partial charge in [0.25, 0.3) is 0 Å². The van der Waals surface area contributed by atoms with Crippen LogP contribution in [0.25, 0.3) is 0 Å². The van der Waals surface area contributed by atoms with E-state index in [1.165, 1.54) is 0 Å². The molecule has 4 nitrogen and oxygen atoms in total. The summed E-state index contributed by atoms with van der Waals surface area (Å²) >= 11 is 1.67. The minimum absolute atomic E-state index is 0.690. The molecule has 12 heavy (non-hydrogen) atoms. The van der Waals surface area contributed by atoms with E-state index >= 15 is 0 Å². The third-order valence-corrected chi connectivity index (χ3v) is 2.68. The minimum Gasteiger partial charge on any atom is -0.333 e. The molecule has 0 unspecified atom stereocenters. The van der Waals surface area contributed by atoms with Crippen molar-refractivity contribution in [3.63, 3.8) is 0 Å². The van der Waals surface area contributed by atoms with E-state index in [9.17, 15) is 0 Å². The van der Waals surface area contributed by atoms with Gasteiger partial charge in [0, 0.05) is 6.20 Å². The summed E-state index contributed by atoms with van der Waals surface area (Å²) < 4.78 is 0. The molecule has 62 valence electrons. The molecule has 5 heteroatoms. The fourth-order valence-electron chi connectivity index (χ4n) is 1.14. The Bertz CT molecular complexity index is 288. The van der Waals surface area contributed by atoms with Crippen molar-refractivity contribution in [3.8, 4) is 6.07 Å². The Morgan fingerprint density at radius 3 is 3.50 bits per heavy atom. The van der Waals surface area contributed by atoms with Crippen LogP contribution in [0, 0.1) is 11.3 Å². The Labute approximate surface area is 74.9 Å². The van der Waals surface area contributed by atoms with Gasteiger partial charge in [-0.2, -0.15) is 5.26 Å². The normalized spacial score (nSPS) is 22.1. The van der Waals surface area contributed by atoms with Gasteiger partial charge in [-0.25, -0.2) is 4.99 Å². The predicted octanol–water partition coefficient (Wildman–Crippen LogP) is 0.317. The summed E-state index contributed by atoms with van der Waals surface area (Å²) in [6, 6.07) is 2.11. The van der Waals surface area contributed by atoms with Crippen molar-refractivity contribution >= 4 is 16.9 Å². The first-order chi connectivity index (χ1) is 5.90. The van der Waals surface area contributed by atoms with Crippen LogP contribution >= 0.6 is 11.8 Å². The lowest BCUT2D eigenvalue weighted by atomic mass is 10.3. The van der Waals surface area contributed by atoms with Gasteiger partial charge >= 0.3 is 0 Å². The van der Waals surface area contributed by atoms with Crippen LogP contribution in [0.2, 0.25) is 0 Å². The van der Waals surface area contributed by atoms with Crippen LogP contribution in [0.15, 0.2) is 16.8 Å². The number of fused-ring (bicyclic) bond motifs is 1. The minimum atomic E-state index is 0.690. The summed E-state index contributed by atoms with van der Waals surface area (Å²) in [7, 11) is 0. The quantitative estimate of drug-likeness (QED) is 0.583. The molecule has 0 bridgehead atoms. The van der Waals surface area contributed by atoms with Crippen LogP contribution < -0.4 is 5.32 Å². The highest BCUT2D eigenvalue weighted by Gasteiger charge is 2.20. The highest BCUT2D eigenvalue weighted by molar-refractivity contribution is 8.13. The number of rotatable bonds is 0. The average molecular weight is 180 g/mol. The molecule has 0 saturated carbocycles. The molecular weight excluding hydrogens is 172 g/mol. The van der Waals surface area contributed by atoms with Crippen LogP contribution in [-0.2, 0) is 0 Å². The summed E-state index contributed by atoms with van der Waals surface area (Å²) in [4.78, 5) is 6.25. The van der Waals surface area contributed by atoms with E-state index in [1.54, 1.807) is 18.0 Å². The van der Waals surface area contributed by atoms with Gasteiger partial charge in [0.1, 0.15) is 0 Å². The van der Waals surface area contributed by atoms with Crippen LogP contribution in [0.3, 0.4) is 0 Å². The van der Waals surface area contributed by atoms with Crippen LogP contribution in [0.1, 0.15) is 0 Å². The van der Waals surface area contributed by atoms with Crippen molar-refractivity contribution in [2.45, 2.75) is 0 Å². The second-order valence-electron chi connectivity index (χ2n) is 2.57. The molecule has 1 fully saturated rings. The van der Waals surface area contributed by atoms with Gasteiger partial charge in [0.15, 0.2) is 5.17 Å². The summed E-state index contributed by atoms with van der Waals surface area (Å²) in [5.74, 6) is 0.908. The molecule has 0 aromatic rings. The van der Waals surface area contributed by atoms with Gasteiger partial charge in [-0.3, -0.25) is 5.32 Å². The molecule has 0 amide bonds. The Morgan fingerprint density at radius 1 is 1.75 bits per heavy atom. The molecule has 0 spiro atoms. The molecule has 0 aromatic carbocycles. The number of aliphatic imine (C=N–C) groups is 1. The van der Waals surface area contributed by atoms with Gasteiger partial charge in [-0.15, -0.1) is 0 Å². The molecular formula is C7H8N4S. The number of nitriles is 1. The number of hydrogen-bond donors (Lipinski definition) is 1. The van der Waals surface area contributed by atoms with E-state index < -0.39 is 0 Å². The number of thioether (sulfide) groups is 1. The van der Waals surface area contributed by atoms with Gasteiger partial charge in [-0.1, -0.05) is 11.8 Å². The number of nitrogens with zero attached hydrogens (tertiary/aromatic N) is 3. The second kappa shape index (κ2) is 3.17. The first kappa shape index (κ1) is 7.65. The Kier molecular flexibility index (Phi) is 2.02. The van der Waals surface area contributed by atoms with Crippen molar-refractivity contribution in [3.05, 3.63) is 11.8 Å². The molecule has 2 aliphatic heterocycles. The molecule has 0 atom stereocenters. The molecule has 0 radical (unpaired) electrons. The number of nitrogens with one attached hydrogen (secondary N) is 1. The van der Waals surface area contributed by atoms with Crippen molar-refractivity contribution in [1.82, 2.24) is 10.2 Å². The van der Waals surface area contributed by atoms with Crippen molar-refractivity contribution in [2.75, 3.05) is 19.1 Å². The molecule has 0 aromatic heterocycles. The zero-order valence-corrected chi connectivity index (χ0v) is 7.27. The molecule has 2 heterocycles. The van der Waals surface area contributed by atoms with Crippen molar-refractivity contribution < 1.29 is 0 Å². The van der Waals surface area contributed by atoms with E-state index in [4.69, 9.17) is 5.26 Å². The third kappa shape index (κ3) is 1.31. The second-order valence-corrected chi connectivity index (χ2v) is 3.52. The maximum atomic E-state index is 8.64. The smallest absolute Gasteiger partial charge is 0.166 e. The van der Waals surface area contributed by atoms with Crippen LogP contribution in [0.4, 0.5) is 0 Å².